The summed E-state index contributed by atoms with van der Waals surface area (Å²) in [6.45, 7) is 6.41. The van der Waals surface area contributed by atoms with E-state index in [1.165, 1.54) is 5.52 Å². The van der Waals surface area contributed by atoms with Crippen molar-refractivity contribution in [3.8, 4) is 5.88 Å². The van der Waals surface area contributed by atoms with Crippen LogP contribution in [-0.2, 0) is 0 Å². The predicted molar refractivity (Wildman–Crippen MR) is 83.1 cm³/mol. The average Bonchev–Trinajstić information content (AvgIpc) is 2.83. The van der Waals surface area contributed by atoms with Gasteiger partial charge in [0, 0.05) is 50.2 Å². The van der Waals surface area contributed by atoms with Crippen LogP contribution in [0.2, 0.25) is 0 Å². The van der Waals surface area contributed by atoms with E-state index in [1.807, 2.05) is 6.92 Å². The number of aromatic nitrogens is 2. The van der Waals surface area contributed by atoms with Crippen molar-refractivity contribution in [2.75, 3.05) is 40.3 Å². The summed E-state index contributed by atoms with van der Waals surface area (Å²) in [5, 5.41) is 1.07. The molecule has 0 bridgehead atoms. The van der Waals surface area contributed by atoms with Crippen LogP contribution in [0.5, 0.6) is 5.88 Å². The number of hydrogen-bond donors (Lipinski definition) is 0. The molecule has 3 rings (SSSR count). The van der Waals surface area contributed by atoms with Crippen molar-refractivity contribution in [1.82, 2.24) is 18.2 Å². The van der Waals surface area contributed by atoms with Crippen LogP contribution in [0, 0.1) is 6.92 Å². The zero-order valence-corrected chi connectivity index (χ0v) is 13.0. The standard InChI is InChI=1S/C14H20N4OS/c1-11-10-13-12(14(15-11)19-3)4-5-18(13)20-17-8-6-16(2)7-9-17/h4-5,10H,6-9H2,1-3H3. The number of methoxy groups -OCH3 is 1. The first-order valence-electron chi connectivity index (χ1n) is 6.82. The summed E-state index contributed by atoms with van der Waals surface area (Å²) >= 11 is 1.77. The normalized spacial score (nSPS) is 17.8. The van der Waals surface area contributed by atoms with E-state index in [2.05, 4.69) is 43.5 Å². The largest absolute Gasteiger partial charge is 0.480 e. The van der Waals surface area contributed by atoms with Gasteiger partial charge in [-0.25, -0.2) is 9.29 Å². The SMILES string of the molecule is COc1nc(C)cc2c1ccn2SN1CCN(C)CC1. The summed E-state index contributed by atoms with van der Waals surface area (Å²) in [4.78, 5) is 6.79. The van der Waals surface area contributed by atoms with Gasteiger partial charge in [-0.2, -0.15) is 0 Å². The smallest absolute Gasteiger partial charge is 0.222 e. The summed E-state index contributed by atoms with van der Waals surface area (Å²) in [7, 11) is 3.85. The molecule has 1 aliphatic rings. The van der Waals surface area contributed by atoms with E-state index in [9.17, 15) is 0 Å². The minimum atomic E-state index is 0.706. The zero-order valence-electron chi connectivity index (χ0n) is 12.2. The number of fused-ring (bicyclic) bond motifs is 1. The van der Waals surface area contributed by atoms with Crippen LogP contribution in [0.25, 0.3) is 10.9 Å². The van der Waals surface area contributed by atoms with Gasteiger partial charge < -0.3 is 9.64 Å². The molecule has 20 heavy (non-hydrogen) atoms. The van der Waals surface area contributed by atoms with Crippen molar-refractivity contribution in [3.05, 3.63) is 24.0 Å². The fourth-order valence-electron chi connectivity index (χ4n) is 2.42. The molecule has 0 unspecified atom stereocenters. The Balaban J connectivity index is 1.87. The Labute approximate surface area is 123 Å². The van der Waals surface area contributed by atoms with E-state index < -0.39 is 0 Å². The average molecular weight is 292 g/mol. The number of pyridine rings is 1. The second kappa shape index (κ2) is 5.63. The zero-order chi connectivity index (χ0) is 14.1. The monoisotopic (exact) mass is 292 g/mol. The van der Waals surface area contributed by atoms with E-state index >= 15 is 0 Å². The lowest BCUT2D eigenvalue weighted by molar-refractivity contribution is 0.233. The molecule has 0 atom stereocenters. The molecule has 2 aromatic heterocycles. The molecule has 1 saturated heterocycles. The molecule has 0 amide bonds. The van der Waals surface area contributed by atoms with Crippen molar-refractivity contribution in [2.24, 2.45) is 0 Å². The lowest BCUT2D eigenvalue weighted by Crippen LogP contribution is -2.41. The topological polar surface area (TPSA) is 33.5 Å². The van der Waals surface area contributed by atoms with E-state index in [0.717, 1.165) is 37.3 Å². The Kier molecular flexibility index (Phi) is 3.87. The first-order chi connectivity index (χ1) is 9.67. The second-order valence-corrected chi connectivity index (χ2v) is 6.23. The highest BCUT2D eigenvalue weighted by molar-refractivity contribution is 7.95. The van der Waals surface area contributed by atoms with Gasteiger partial charge in [0.2, 0.25) is 5.88 Å². The highest BCUT2D eigenvalue weighted by atomic mass is 32.2. The third kappa shape index (κ3) is 2.63. The Morgan fingerprint density at radius 2 is 2.00 bits per heavy atom. The van der Waals surface area contributed by atoms with Crippen LogP contribution in [0.3, 0.4) is 0 Å². The van der Waals surface area contributed by atoms with E-state index in [4.69, 9.17) is 4.74 Å². The fraction of sp³-hybridized carbons (Fsp3) is 0.500. The van der Waals surface area contributed by atoms with E-state index in [1.54, 1.807) is 19.2 Å². The Hall–Kier alpha value is -1.24. The number of nitrogens with zero attached hydrogens (tertiary/aromatic N) is 4. The minimum absolute atomic E-state index is 0.706. The molecule has 108 valence electrons. The Morgan fingerprint density at radius 3 is 2.70 bits per heavy atom. The van der Waals surface area contributed by atoms with Crippen LogP contribution < -0.4 is 4.74 Å². The lowest BCUT2D eigenvalue weighted by atomic mass is 10.3. The molecule has 0 aliphatic carbocycles. The van der Waals surface area contributed by atoms with Gasteiger partial charge in [-0.1, -0.05) is 0 Å². The third-order valence-electron chi connectivity index (χ3n) is 3.60. The summed E-state index contributed by atoms with van der Waals surface area (Å²) in [6.07, 6.45) is 2.09. The fourth-order valence-corrected chi connectivity index (χ4v) is 3.35. The molecule has 6 heteroatoms. The van der Waals surface area contributed by atoms with Crippen molar-refractivity contribution in [2.45, 2.75) is 6.92 Å². The lowest BCUT2D eigenvalue weighted by Gasteiger charge is -2.31. The van der Waals surface area contributed by atoms with Crippen molar-refractivity contribution in [1.29, 1.82) is 0 Å². The molecule has 3 heterocycles. The quantitative estimate of drug-likeness (QED) is 0.808. The molecule has 0 radical (unpaired) electrons. The number of rotatable bonds is 3. The maximum absolute atomic E-state index is 5.37. The number of likely N-dealkylation sites (N-methyl/N-ethyl adjacent to an activating group) is 1. The maximum Gasteiger partial charge on any atom is 0.222 e. The van der Waals surface area contributed by atoms with Gasteiger partial charge in [-0.05, 0) is 26.1 Å². The molecule has 0 saturated carbocycles. The molecular formula is C14H20N4OS. The first-order valence-corrected chi connectivity index (χ1v) is 7.55. The van der Waals surface area contributed by atoms with Crippen LogP contribution >= 0.6 is 12.1 Å². The summed E-state index contributed by atoms with van der Waals surface area (Å²) in [5.41, 5.74) is 2.14. The van der Waals surface area contributed by atoms with Gasteiger partial charge in [0.05, 0.1) is 18.0 Å². The van der Waals surface area contributed by atoms with Gasteiger partial charge in [-0.3, -0.25) is 3.97 Å². The van der Waals surface area contributed by atoms with Crippen LogP contribution in [0.1, 0.15) is 5.69 Å². The summed E-state index contributed by atoms with van der Waals surface area (Å²) in [5.74, 6) is 0.706. The summed E-state index contributed by atoms with van der Waals surface area (Å²) in [6, 6.07) is 4.19. The number of ether oxygens (including phenoxy) is 1. The van der Waals surface area contributed by atoms with E-state index in [-0.39, 0.29) is 0 Å². The Bertz CT molecular complexity index is 604. The van der Waals surface area contributed by atoms with Gasteiger partial charge in [0.15, 0.2) is 0 Å². The highest BCUT2D eigenvalue weighted by Gasteiger charge is 2.17. The number of hydrogen-bond acceptors (Lipinski definition) is 5. The molecular weight excluding hydrogens is 272 g/mol. The molecule has 2 aromatic rings. The molecule has 0 aromatic carbocycles. The molecule has 1 fully saturated rings. The van der Waals surface area contributed by atoms with Crippen LogP contribution in [0.4, 0.5) is 0 Å². The first kappa shape index (κ1) is 13.7. The third-order valence-corrected chi connectivity index (χ3v) is 4.69. The van der Waals surface area contributed by atoms with Crippen LogP contribution in [0.15, 0.2) is 18.3 Å². The van der Waals surface area contributed by atoms with Gasteiger partial charge >= 0.3 is 0 Å². The van der Waals surface area contributed by atoms with Crippen molar-refractivity contribution in [3.63, 3.8) is 0 Å². The molecule has 0 spiro atoms. The highest BCUT2D eigenvalue weighted by Crippen LogP contribution is 2.29. The maximum atomic E-state index is 5.37. The predicted octanol–water partition coefficient (Wildman–Crippen LogP) is 2.01. The van der Waals surface area contributed by atoms with E-state index in [0.29, 0.717) is 5.88 Å². The molecule has 5 nitrogen and oxygen atoms in total. The van der Waals surface area contributed by atoms with Crippen molar-refractivity contribution < 1.29 is 4.74 Å². The molecule has 0 N–H and O–H groups in total. The van der Waals surface area contributed by atoms with Crippen molar-refractivity contribution >= 4 is 23.0 Å². The Morgan fingerprint density at radius 1 is 1.25 bits per heavy atom. The van der Waals surface area contributed by atoms with Crippen LogP contribution in [-0.4, -0.2) is 58.5 Å². The minimum Gasteiger partial charge on any atom is -0.480 e. The number of piperazine rings is 1. The second-order valence-electron chi connectivity index (χ2n) is 5.16. The van der Waals surface area contributed by atoms with Gasteiger partial charge in [0.25, 0.3) is 0 Å². The summed E-state index contributed by atoms with van der Waals surface area (Å²) < 4.78 is 9.98. The van der Waals surface area contributed by atoms with Gasteiger partial charge in [-0.15, -0.1) is 0 Å². The van der Waals surface area contributed by atoms with Gasteiger partial charge in [0.1, 0.15) is 0 Å². The number of aryl methyl sites for hydroxylation is 1. The molecule has 1 aliphatic heterocycles.